The van der Waals surface area contributed by atoms with E-state index in [1.807, 2.05) is 23.6 Å². The Balaban J connectivity index is 2.02. The summed E-state index contributed by atoms with van der Waals surface area (Å²) in [5.41, 5.74) is 1.64. The quantitative estimate of drug-likeness (QED) is 0.740. The molecule has 0 amide bonds. The number of fused-ring (bicyclic) bond motifs is 1. The summed E-state index contributed by atoms with van der Waals surface area (Å²) in [6, 6.07) is 7.21. The van der Waals surface area contributed by atoms with Crippen LogP contribution in [-0.4, -0.2) is 32.2 Å². The molecular weight excluding hydrogens is 314 g/mol. The molecule has 0 spiro atoms. The fourth-order valence-electron chi connectivity index (χ4n) is 2.77. The van der Waals surface area contributed by atoms with Gasteiger partial charge in [0.25, 0.3) is 5.56 Å². The van der Waals surface area contributed by atoms with Crippen LogP contribution in [0.4, 0.5) is 5.95 Å². The third kappa shape index (κ3) is 2.21. The number of rotatable bonds is 3. The summed E-state index contributed by atoms with van der Waals surface area (Å²) in [4.78, 5) is 24.1. The van der Waals surface area contributed by atoms with Crippen molar-refractivity contribution in [3.8, 4) is 5.69 Å². The minimum absolute atomic E-state index is 0.147. The van der Waals surface area contributed by atoms with E-state index in [2.05, 4.69) is 9.88 Å². The van der Waals surface area contributed by atoms with Gasteiger partial charge in [-0.15, -0.1) is 0 Å². The Labute approximate surface area is 138 Å². The molecule has 23 heavy (non-hydrogen) atoms. The number of anilines is 1. The van der Waals surface area contributed by atoms with Crippen LogP contribution in [0.15, 0.2) is 35.4 Å². The van der Waals surface area contributed by atoms with E-state index in [1.54, 1.807) is 23.0 Å². The zero-order chi connectivity index (χ0) is 16.0. The van der Waals surface area contributed by atoms with E-state index in [0.29, 0.717) is 22.1 Å². The highest BCUT2D eigenvalue weighted by molar-refractivity contribution is 6.30. The lowest BCUT2D eigenvalue weighted by atomic mass is 10.2. The third-order valence-corrected chi connectivity index (χ3v) is 4.44. The summed E-state index contributed by atoms with van der Waals surface area (Å²) in [5.74, 6) is 0.672. The van der Waals surface area contributed by atoms with E-state index >= 15 is 0 Å². The van der Waals surface area contributed by atoms with Crippen LogP contribution in [0, 0.1) is 0 Å². The topological polar surface area (TPSA) is 56.0 Å². The fourth-order valence-corrected chi connectivity index (χ4v) is 2.89. The van der Waals surface area contributed by atoms with Crippen LogP contribution in [0.3, 0.4) is 0 Å². The molecule has 0 radical (unpaired) electrons. The number of imidazole rings is 1. The van der Waals surface area contributed by atoms with Gasteiger partial charge in [0.2, 0.25) is 5.95 Å². The first kappa shape index (κ1) is 14.3. The van der Waals surface area contributed by atoms with E-state index in [-0.39, 0.29) is 5.56 Å². The molecular formula is C16H16ClN5O. The van der Waals surface area contributed by atoms with Gasteiger partial charge in [-0.05, 0) is 37.6 Å². The van der Waals surface area contributed by atoms with E-state index in [4.69, 9.17) is 16.6 Å². The van der Waals surface area contributed by atoms with E-state index < -0.39 is 0 Å². The number of nitrogens with zero attached hydrogens (tertiary/aromatic N) is 5. The second-order valence-electron chi connectivity index (χ2n) is 5.57. The number of aryl methyl sites for hydroxylation is 1. The van der Waals surface area contributed by atoms with Crippen molar-refractivity contribution in [2.45, 2.75) is 19.9 Å². The van der Waals surface area contributed by atoms with Crippen molar-refractivity contribution in [1.82, 2.24) is 19.1 Å². The number of hydrogen-bond acceptors (Lipinski definition) is 4. The molecule has 7 heteroatoms. The van der Waals surface area contributed by atoms with Gasteiger partial charge in [0.15, 0.2) is 11.2 Å². The Kier molecular flexibility index (Phi) is 3.34. The first-order chi connectivity index (χ1) is 11.2. The van der Waals surface area contributed by atoms with Crippen LogP contribution in [0.2, 0.25) is 5.02 Å². The summed E-state index contributed by atoms with van der Waals surface area (Å²) in [7, 11) is 0. The summed E-state index contributed by atoms with van der Waals surface area (Å²) in [6.45, 7) is 4.56. The second-order valence-corrected chi connectivity index (χ2v) is 6.01. The Bertz CT molecular complexity index is 924. The first-order valence-electron chi connectivity index (χ1n) is 7.68. The minimum Gasteiger partial charge on any atom is -0.342 e. The van der Waals surface area contributed by atoms with Gasteiger partial charge in [0.1, 0.15) is 0 Å². The molecule has 3 heterocycles. The van der Waals surface area contributed by atoms with Crippen LogP contribution in [0.5, 0.6) is 0 Å². The first-order valence-corrected chi connectivity index (χ1v) is 8.05. The molecule has 0 aliphatic carbocycles. The van der Waals surface area contributed by atoms with Crippen molar-refractivity contribution >= 4 is 28.7 Å². The zero-order valence-corrected chi connectivity index (χ0v) is 13.5. The number of aromatic nitrogens is 4. The Morgan fingerprint density at radius 3 is 2.57 bits per heavy atom. The highest BCUT2D eigenvalue weighted by atomic mass is 35.5. The SMILES string of the molecule is CCn1cnc2c(=O)n(-c3ccc(Cl)cc3)c(N3CCC3)nc21. The predicted molar refractivity (Wildman–Crippen MR) is 90.6 cm³/mol. The van der Waals surface area contributed by atoms with Crippen LogP contribution < -0.4 is 10.5 Å². The molecule has 118 valence electrons. The molecule has 1 aliphatic heterocycles. The molecule has 1 fully saturated rings. The van der Waals surface area contributed by atoms with Gasteiger partial charge in [0, 0.05) is 24.7 Å². The fraction of sp³-hybridized carbons (Fsp3) is 0.312. The van der Waals surface area contributed by atoms with Crippen molar-refractivity contribution in [2.24, 2.45) is 0 Å². The van der Waals surface area contributed by atoms with Gasteiger partial charge in [-0.1, -0.05) is 11.6 Å². The van der Waals surface area contributed by atoms with Gasteiger partial charge in [-0.25, -0.2) is 9.55 Å². The summed E-state index contributed by atoms with van der Waals surface area (Å²) < 4.78 is 3.52. The van der Waals surface area contributed by atoms with Gasteiger partial charge >= 0.3 is 0 Å². The molecule has 0 bridgehead atoms. The maximum absolute atomic E-state index is 13.0. The largest absolute Gasteiger partial charge is 0.342 e. The monoisotopic (exact) mass is 329 g/mol. The molecule has 1 saturated heterocycles. The van der Waals surface area contributed by atoms with E-state index in [0.717, 1.165) is 31.7 Å². The van der Waals surface area contributed by atoms with Gasteiger partial charge in [-0.2, -0.15) is 4.98 Å². The van der Waals surface area contributed by atoms with Crippen molar-refractivity contribution < 1.29 is 0 Å². The summed E-state index contributed by atoms with van der Waals surface area (Å²) in [6.07, 6.45) is 2.78. The standard InChI is InChI=1S/C16H16ClN5O/c1-2-20-10-18-13-14(20)19-16(21-8-3-9-21)22(15(13)23)12-6-4-11(17)5-7-12/h4-7,10H,2-3,8-9H2,1H3. The van der Waals surface area contributed by atoms with Gasteiger partial charge in [-0.3, -0.25) is 4.79 Å². The molecule has 1 aliphatic rings. The second kappa shape index (κ2) is 5.38. The Hall–Kier alpha value is -2.34. The lowest BCUT2D eigenvalue weighted by Crippen LogP contribution is -2.41. The molecule has 0 saturated carbocycles. The van der Waals surface area contributed by atoms with Crippen molar-refractivity contribution in [3.63, 3.8) is 0 Å². The summed E-state index contributed by atoms with van der Waals surface area (Å²) >= 11 is 5.97. The molecule has 0 N–H and O–H groups in total. The van der Waals surface area contributed by atoms with E-state index in [1.165, 1.54) is 0 Å². The average Bonchev–Trinajstić information content (AvgIpc) is 2.90. The summed E-state index contributed by atoms with van der Waals surface area (Å²) in [5, 5.41) is 0.636. The molecule has 4 rings (SSSR count). The van der Waals surface area contributed by atoms with Crippen LogP contribution in [-0.2, 0) is 6.54 Å². The van der Waals surface area contributed by atoms with Crippen molar-refractivity contribution in [3.05, 3.63) is 46.0 Å². The maximum atomic E-state index is 13.0. The van der Waals surface area contributed by atoms with Crippen LogP contribution in [0.1, 0.15) is 13.3 Å². The van der Waals surface area contributed by atoms with Crippen molar-refractivity contribution in [2.75, 3.05) is 18.0 Å². The number of hydrogen-bond donors (Lipinski definition) is 0. The smallest absolute Gasteiger partial charge is 0.287 e. The highest BCUT2D eigenvalue weighted by Crippen LogP contribution is 2.23. The van der Waals surface area contributed by atoms with Crippen molar-refractivity contribution in [1.29, 1.82) is 0 Å². The molecule has 0 atom stereocenters. The maximum Gasteiger partial charge on any atom is 0.287 e. The molecule has 0 unspecified atom stereocenters. The third-order valence-electron chi connectivity index (χ3n) is 4.19. The zero-order valence-electron chi connectivity index (χ0n) is 12.7. The number of benzene rings is 1. The molecule has 3 aromatic rings. The number of halogens is 1. The van der Waals surface area contributed by atoms with Crippen LogP contribution >= 0.6 is 11.6 Å². The minimum atomic E-state index is -0.147. The average molecular weight is 330 g/mol. The highest BCUT2D eigenvalue weighted by Gasteiger charge is 2.24. The lowest BCUT2D eigenvalue weighted by molar-refractivity contribution is 0.590. The van der Waals surface area contributed by atoms with E-state index in [9.17, 15) is 4.79 Å². The Morgan fingerprint density at radius 2 is 1.96 bits per heavy atom. The molecule has 2 aromatic heterocycles. The Morgan fingerprint density at radius 1 is 1.22 bits per heavy atom. The molecule has 1 aromatic carbocycles. The normalized spacial score (nSPS) is 14.3. The predicted octanol–water partition coefficient (Wildman–Crippen LogP) is 2.47. The molecule has 6 nitrogen and oxygen atoms in total. The van der Waals surface area contributed by atoms with Gasteiger partial charge in [0.05, 0.1) is 12.0 Å². The lowest BCUT2D eigenvalue weighted by Gasteiger charge is -2.33. The van der Waals surface area contributed by atoms with Crippen LogP contribution in [0.25, 0.3) is 16.9 Å². The van der Waals surface area contributed by atoms with Gasteiger partial charge < -0.3 is 9.47 Å².